The van der Waals surface area contributed by atoms with Gasteiger partial charge in [0, 0.05) is 23.4 Å². The summed E-state index contributed by atoms with van der Waals surface area (Å²) in [6.45, 7) is 4.07. The lowest BCUT2D eigenvalue weighted by Crippen LogP contribution is -2.21. The third-order valence-corrected chi connectivity index (χ3v) is 3.50. The minimum Gasteiger partial charge on any atom is -0.497 e. The summed E-state index contributed by atoms with van der Waals surface area (Å²) >= 11 is 0. The van der Waals surface area contributed by atoms with Crippen molar-refractivity contribution >= 4 is 11.5 Å². The zero-order chi connectivity index (χ0) is 17.5. The first-order chi connectivity index (χ1) is 11.5. The van der Waals surface area contributed by atoms with E-state index in [1.54, 1.807) is 44.6 Å². The molecule has 0 saturated carbocycles. The van der Waals surface area contributed by atoms with Gasteiger partial charge in [0.15, 0.2) is 5.78 Å². The predicted molar refractivity (Wildman–Crippen MR) is 96.6 cm³/mol. The normalized spacial score (nSPS) is 11.3. The molecular weight excluding hydrogens is 302 g/mol. The van der Waals surface area contributed by atoms with Crippen molar-refractivity contribution in [3.63, 3.8) is 0 Å². The Kier molecular flexibility index (Phi) is 6.01. The minimum absolute atomic E-state index is 0.0587. The molecule has 2 aromatic rings. The molecule has 0 aromatic heterocycles. The number of hydrogen-bond acceptors (Lipinski definition) is 4. The average Bonchev–Trinajstić information content (AvgIpc) is 2.61. The number of rotatable bonds is 7. The zero-order valence-corrected chi connectivity index (χ0v) is 14.5. The van der Waals surface area contributed by atoms with Crippen molar-refractivity contribution < 1.29 is 14.3 Å². The van der Waals surface area contributed by atoms with Gasteiger partial charge in [-0.15, -0.1) is 0 Å². The molecule has 0 fully saturated rings. The van der Waals surface area contributed by atoms with Crippen molar-refractivity contribution in [2.24, 2.45) is 0 Å². The number of allylic oxidation sites excluding steroid dienone is 1. The molecule has 4 nitrogen and oxygen atoms in total. The average molecular weight is 325 g/mol. The maximum Gasteiger partial charge on any atom is 0.187 e. The largest absolute Gasteiger partial charge is 0.497 e. The van der Waals surface area contributed by atoms with Crippen LogP contribution in [0.4, 0.5) is 0 Å². The van der Waals surface area contributed by atoms with Gasteiger partial charge in [0.25, 0.3) is 0 Å². The molecule has 0 aliphatic carbocycles. The van der Waals surface area contributed by atoms with Gasteiger partial charge in [0.2, 0.25) is 0 Å². The molecule has 24 heavy (non-hydrogen) atoms. The first-order valence-corrected chi connectivity index (χ1v) is 7.84. The maximum atomic E-state index is 12.6. The summed E-state index contributed by atoms with van der Waals surface area (Å²) in [7, 11) is 3.23. The number of ketones is 1. The van der Waals surface area contributed by atoms with Crippen LogP contribution in [0.25, 0.3) is 5.70 Å². The Labute approximate surface area is 143 Å². The van der Waals surface area contributed by atoms with Gasteiger partial charge in [-0.05, 0) is 67.9 Å². The molecule has 0 heterocycles. The fraction of sp³-hybridized carbons (Fsp3) is 0.250. The van der Waals surface area contributed by atoms with Crippen LogP contribution in [0.5, 0.6) is 11.5 Å². The molecule has 2 rings (SSSR count). The quantitative estimate of drug-likeness (QED) is 0.619. The monoisotopic (exact) mass is 325 g/mol. The number of ether oxygens (including phenoxy) is 2. The Balaban J connectivity index is 2.30. The van der Waals surface area contributed by atoms with Crippen LogP contribution in [-0.4, -0.2) is 26.0 Å². The highest BCUT2D eigenvalue weighted by molar-refractivity contribution is 6.08. The van der Waals surface area contributed by atoms with Crippen LogP contribution >= 0.6 is 0 Å². The number of methoxy groups -OCH3 is 2. The van der Waals surface area contributed by atoms with E-state index in [9.17, 15) is 4.79 Å². The summed E-state index contributed by atoms with van der Waals surface area (Å²) in [6, 6.07) is 14.9. The molecule has 0 radical (unpaired) electrons. The van der Waals surface area contributed by atoms with Gasteiger partial charge in [-0.25, -0.2) is 0 Å². The summed E-state index contributed by atoms with van der Waals surface area (Å²) in [5, 5.41) is 3.33. The molecular formula is C20H23NO3. The highest BCUT2D eigenvalue weighted by Crippen LogP contribution is 2.19. The van der Waals surface area contributed by atoms with E-state index in [1.807, 2.05) is 38.1 Å². The molecule has 126 valence electrons. The topological polar surface area (TPSA) is 47.6 Å². The van der Waals surface area contributed by atoms with Crippen LogP contribution in [0, 0.1) is 0 Å². The number of carbonyl (C=O) groups is 1. The third-order valence-electron chi connectivity index (χ3n) is 3.50. The molecule has 0 bridgehead atoms. The van der Waals surface area contributed by atoms with Crippen molar-refractivity contribution in [3.8, 4) is 11.5 Å². The summed E-state index contributed by atoms with van der Waals surface area (Å²) < 4.78 is 10.3. The van der Waals surface area contributed by atoms with Crippen LogP contribution in [0.2, 0.25) is 0 Å². The zero-order valence-electron chi connectivity index (χ0n) is 14.5. The molecule has 1 N–H and O–H groups in total. The molecule has 0 spiro atoms. The van der Waals surface area contributed by atoms with Crippen LogP contribution in [0.15, 0.2) is 54.6 Å². The molecule has 0 unspecified atom stereocenters. The van der Waals surface area contributed by atoms with Crippen LogP contribution in [0.3, 0.4) is 0 Å². The second kappa shape index (κ2) is 8.20. The van der Waals surface area contributed by atoms with Crippen molar-refractivity contribution in [2.75, 3.05) is 14.2 Å². The molecule has 0 saturated heterocycles. The van der Waals surface area contributed by atoms with E-state index in [2.05, 4.69) is 5.32 Å². The summed E-state index contributed by atoms with van der Waals surface area (Å²) in [4.78, 5) is 12.6. The van der Waals surface area contributed by atoms with E-state index in [-0.39, 0.29) is 11.8 Å². The Morgan fingerprint density at radius 3 is 1.75 bits per heavy atom. The van der Waals surface area contributed by atoms with Gasteiger partial charge in [-0.2, -0.15) is 0 Å². The van der Waals surface area contributed by atoms with E-state index in [0.29, 0.717) is 5.56 Å². The molecule has 0 atom stereocenters. The van der Waals surface area contributed by atoms with E-state index >= 15 is 0 Å². The number of nitrogens with one attached hydrogen (secondary N) is 1. The summed E-state index contributed by atoms with van der Waals surface area (Å²) in [5.74, 6) is 1.45. The van der Waals surface area contributed by atoms with Crippen LogP contribution in [-0.2, 0) is 0 Å². The molecule has 0 aliphatic rings. The van der Waals surface area contributed by atoms with E-state index in [0.717, 1.165) is 22.8 Å². The smallest absolute Gasteiger partial charge is 0.187 e. The lowest BCUT2D eigenvalue weighted by atomic mass is 10.1. The van der Waals surface area contributed by atoms with Crippen LogP contribution < -0.4 is 14.8 Å². The van der Waals surface area contributed by atoms with E-state index in [1.165, 1.54) is 0 Å². The number of carbonyl (C=O) groups excluding carboxylic acids is 1. The third kappa shape index (κ3) is 4.62. The molecule has 2 aromatic carbocycles. The molecule has 0 aliphatic heterocycles. The fourth-order valence-corrected chi connectivity index (χ4v) is 2.26. The minimum atomic E-state index is -0.0587. The van der Waals surface area contributed by atoms with Gasteiger partial charge in [-0.3, -0.25) is 4.79 Å². The molecule has 0 amide bonds. The van der Waals surface area contributed by atoms with Gasteiger partial charge < -0.3 is 14.8 Å². The SMILES string of the molecule is COc1ccc(C(=O)/C=C(\NC(C)C)c2ccc(OC)cc2)cc1. The Morgan fingerprint density at radius 2 is 1.33 bits per heavy atom. The first-order valence-electron chi connectivity index (χ1n) is 7.84. The summed E-state index contributed by atoms with van der Waals surface area (Å²) in [6.07, 6.45) is 1.63. The van der Waals surface area contributed by atoms with Gasteiger partial charge in [0.05, 0.1) is 14.2 Å². The number of hydrogen-bond donors (Lipinski definition) is 1. The Morgan fingerprint density at radius 1 is 0.875 bits per heavy atom. The van der Waals surface area contributed by atoms with Gasteiger partial charge in [-0.1, -0.05) is 0 Å². The van der Waals surface area contributed by atoms with Crippen molar-refractivity contribution in [1.82, 2.24) is 5.32 Å². The van der Waals surface area contributed by atoms with E-state index < -0.39 is 0 Å². The highest BCUT2D eigenvalue weighted by atomic mass is 16.5. The second-order valence-corrected chi connectivity index (χ2v) is 5.68. The first kappa shape index (κ1) is 17.6. The fourth-order valence-electron chi connectivity index (χ4n) is 2.26. The second-order valence-electron chi connectivity index (χ2n) is 5.68. The maximum absolute atomic E-state index is 12.6. The van der Waals surface area contributed by atoms with Crippen molar-refractivity contribution in [2.45, 2.75) is 19.9 Å². The number of benzene rings is 2. The van der Waals surface area contributed by atoms with Crippen LogP contribution in [0.1, 0.15) is 29.8 Å². The van der Waals surface area contributed by atoms with E-state index in [4.69, 9.17) is 9.47 Å². The van der Waals surface area contributed by atoms with Crippen molar-refractivity contribution in [3.05, 3.63) is 65.7 Å². The Hall–Kier alpha value is -2.75. The standard InChI is InChI=1S/C20H23NO3/c1-14(2)21-19(15-5-9-17(23-3)10-6-15)13-20(22)16-7-11-18(24-4)12-8-16/h5-14,21H,1-4H3/b19-13-. The molecule has 4 heteroatoms. The lowest BCUT2D eigenvalue weighted by Gasteiger charge is -2.15. The van der Waals surface area contributed by atoms with Gasteiger partial charge in [0.1, 0.15) is 11.5 Å². The van der Waals surface area contributed by atoms with Crippen molar-refractivity contribution in [1.29, 1.82) is 0 Å². The lowest BCUT2D eigenvalue weighted by molar-refractivity contribution is 0.104. The Bertz CT molecular complexity index is 701. The van der Waals surface area contributed by atoms with Gasteiger partial charge >= 0.3 is 0 Å². The summed E-state index contributed by atoms with van der Waals surface area (Å²) in [5.41, 5.74) is 2.34. The highest BCUT2D eigenvalue weighted by Gasteiger charge is 2.09. The predicted octanol–water partition coefficient (Wildman–Crippen LogP) is 3.93.